The number of furan rings is 1. The fourth-order valence-corrected chi connectivity index (χ4v) is 7.29. The summed E-state index contributed by atoms with van der Waals surface area (Å²) in [6, 6.07) is 40.1. The normalized spacial score (nSPS) is 15.7. The number of fused-ring (bicyclic) bond motifs is 3. The molecule has 0 amide bonds. The van der Waals surface area contributed by atoms with Crippen LogP contribution in [0.2, 0.25) is 0 Å². The standard InChI is InChI=1S/C57H49FN3O.Ir/c1-37(2)51-32-54(43-12-7-5-8-13-43)60-35-45(51)23-20-41-28-40(29-42(30-41)21-24-46-36-61-55(33-52(46)38(3)4)44-14-9-6-10-15-44)19-18-39-22-27-53(59-34-39)50-17-11-16-49-48-26-25-47(58)31-56(48)62-57(49)50;/h5-12,14,16,22,25-38H,18-21,23-24H2,1-4H3;/q-3;+3/i18D2,19D2,20D2,21D2,23D2,24D2;. The van der Waals surface area contributed by atoms with Gasteiger partial charge in [0.25, 0.3) is 0 Å². The molecule has 0 radical (unpaired) electrons. The van der Waals surface area contributed by atoms with E-state index in [0.29, 0.717) is 61.1 Å². The molecule has 0 unspecified atom stereocenters. The van der Waals surface area contributed by atoms with E-state index in [-0.39, 0.29) is 54.3 Å². The topological polar surface area (TPSA) is 51.8 Å². The van der Waals surface area contributed by atoms with Gasteiger partial charge < -0.3 is 19.4 Å². The van der Waals surface area contributed by atoms with Gasteiger partial charge in [0.1, 0.15) is 11.4 Å². The molecule has 0 aliphatic heterocycles. The van der Waals surface area contributed by atoms with Gasteiger partial charge in [0.15, 0.2) is 0 Å². The molecule has 0 bridgehead atoms. The van der Waals surface area contributed by atoms with Gasteiger partial charge in [-0.3, -0.25) is 0 Å². The number of aryl methyl sites for hydroxylation is 6. The Bertz CT molecular complexity index is 3420. The first-order valence-electron chi connectivity index (χ1n) is 26.4. The molecule has 314 valence electrons. The molecule has 4 heterocycles. The average Bonchev–Trinajstić information content (AvgIpc) is 3.76. The smallest absolute Gasteiger partial charge is 0.500 e. The first kappa shape index (κ1) is 30.9. The molecule has 0 atom stereocenters. The van der Waals surface area contributed by atoms with Gasteiger partial charge in [-0.1, -0.05) is 81.1 Å². The minimum atomic E-state index is -3.15. The molecular weight excluding hydrogens is 954 g/mol. The molecule has 0 spiro atoms. The van der Waals surface area contributed by atoms with Crippen molar-refractivity contribution in [2.75, 3.05) is 0 Å². The third-order valence-electron chi connectivity index (χ3n) is 10.5. The molecule has 0 aliphatic carbocycles. The molecule has 0 aliphatic rings. The monoisotopic (exact) mass is 1020 g/mol. The van der Waals surface area contributed by atoms with Gasteiger partial charge in [0.2, 0.25) is 0 Å². The van der Waals surface area contributed by atoms with Crippen molar-refractivity contribution in [3.63, 3.8) is 0 Å². The summed E-state index contributed by atoms with van der Waals surface area (Å²) >= 11 is 0. The molecule has 4 nitrogen and oxygen atoms in total. The van der Waals surface area contributed by atoms with E-state index in [9.17, 15) is 20.8 Å². The summed E-state index contributed by atoms with van der Waals surface area (Å²) < 4.78 is 135. The minimum absolute atomic E-state index is 0. The molecule has 9 aromatic rings. The van der Waals surface area contributed by atoms with E-state index >= 15 is 0 Å². The van der Waals surface area contributed by atoms with E-state index in [4.69, 9.17) is 4.42 Å². The van der Waals surface area contributed by atoms with Crippen LogP contribution in [0, 0.1) is 24.0 Å². The van der Waals surface area contributed by atoms with Crippen LogP contribution in [0.1, 0.15) is 100 Å². The molecular formula is C57H49FIrN3O. The fraction of sp³-hybridized carbons (Fsp3) is 0.211. The number of benzene rings is 5. The Morgan fingerprint density at radius 3 is 1.62 bits per heavy atom. The second kappa shape index (κ2) is 19.5. The van der Waals surface area contributed by atoms with Crippen molar-refractivity contribution in [2.24, 2.45) is 0 Å². The van der Waals surface area contributed by atoms with Gasteiger partial charge in [-0.05, 0) is 124 Å². The predicted molar refractivity (Wildman–Crippen MR) is 250 cm³/mol. The quantitative estimate of drug-likeness (QED) is 0.102. The van der Waals surface area contributed by atoms with Crippen molar-refractivity contribution >= 4 is 21.9 Å². The summed E-state index contributed by atoms with van der Waals surface area (Å²) in [5, 5.41) is 1.32. The Morgan fingerprint density at radius 2 is 1.10 bits per heavy atom. The van der Waals surface area contributed by atoms with Crippen molar-refractivity contribution in [3.8, 4) is 33.8 Å². The van der Waals surface area contributed by atoms with Crippen LogP contribution in [0.4, 0.5) is 4.39 Å². The van der Waals surface area contributed by atoms with E-state index in [1.807, 2.05) is 27.7 Å². The maximum absolute atomic E-state index is 14.2. The Balaban J connectivity index is 0.00000747. The van der Waals surface area contributed by atoms with E-state index < -0.39 is 60.7 Å². The number of hydrogen-bond acceptors (Lipinski definition) is 4. The number of hydrogen-bond donors (Lipinski definition) is 0. The van der Waals surface area contributed by atoms with E-state index in [2.05, 4.69) is 33.2 Å². The number of nitrogens with zero attached hydrogens (tertiary/aromatic N) is 3. The van der Waals surface area contributed by atoms with E-state index in [1.165, 1.54) is 36.7 Å². The molecule has 4 aromatic heterocycles. The van der Waals surface area contributed by atoms with Crippen molar-refractivity contribution in [3.05, 3.63) is 208 Å². The van der Waals surface area contributed by atoms with Crippen molar-refractivity contribution in [1.82, 2.24) is 15.0 Å². The average molecular weight is 1020 g/mol. The van der Waals surface area contributed by atoms with Gasteiger partial charge in [0.05, 0.1) is 5.58 Å². The van der Waals surface area contributed by atoms with Gasteiger partial charge >= 0.3 is 20.1 Å². The molecule has 9 rings (SSSR count). The SMILES string of the molecule is [2H]C([2H])(c1ccc(-c2[c-]ccc3c2oc2cc(F)ccc23)nc1)C([2H])([2H])c1cc(C([2H])([2H])C([2H])([2H])c2cnc(-c3[c-]cccc3)cc2C(C)C)cc(C([2H])([2H])C([2H])([2H])c2cnc(-c3[c-]cccc3)cc2C(C)C)c1.[Ir+3]. The second-order valence-electron chi connectivity index (χ2n) is 15.5. The van der Waals surface area contributed by atoms with Crippen LogP contribution in [0.3, 0.4) is 0 Å². The molecule has 5 aromatic carbocycles. The second-order valence-corrected chi connectivity index (χ2v) is 15.5. The summed E-state index contributed by atoms with van der Waals surface area (Å²) in [6.07, 6.45) is -14.7. The molecule has 0 saturated carbocycles. The predicted octanol–water partition coefficient (Wildman–Crippen LogP) is 13.9. The van der Waals surface area contributed by atoms with Crippen molar-refractivity contribution in [1.29, 1.82) is 0 Å². The van der Waals surface area contributed by atoms with Crippen molar-refractivity contribution < 1.29 is 45.4 Å². The largest absolute Gasteiger partial charge is 3.00 e. The Kier molecular flexibility index (Phi) is 9.58. The molecule has 63 heavy (non-hydrogen) atoms. The maximum Gasteiger partial charge on any atom is 3.00 e. The van der Waals surface area contributed by atoms with Crippen LogP contribution < -0.4 is 0 Å². The summed E-state index contributed by atoms with van der Waals surface area (Å²) in [7, 11) is 0. The van der Waals surface area contributed by atoms with E-state index in [0.717, 1.165) is 24.4 Å². The molecule has 0 fully saturated rings. The van der Waals surface area contributed by atoms with Crippen LogP contribution >= 0.6 is 0 Å². The van der Waals surface area contributed by atoms with Crippen LogP contribution in [0.25, 0.3) is 55.7 Å². The molecule has 0 saturated heterocycles. The summed E-state index contributed by atoms with van der Waals surface area (Å²) in [5.41, 5.74) is 2.07. The fourth-order valence-electron chi connectivity index (χ4n) is 7.29. The van der Waals surface area contributed by atoms with Crippen molar-refractivity contribution in [2.45, 2.75) is 77.8 Å². The van der Waals surface area contributed by atoms with E-state index in [1.54, 1.807) is 78.9 Å². The molecule has 0 N–H and O–H groups in total. The number of aromatic nitrogens is 3. The van der Waals surface area contributed by atoms with Gasteiger partial charge in [-0.15, -0.1) is 90.0 Å². The third-order valence-corrected chi connectivity index (χ3v) is 10.5. The minimum Gasteiger partial charge on any atom is -0.500 e. The van der Waals surface area contributed by atoms with Crippen LogP contribution in [0.15, 0.2) is 144 Å². The number of pyridine rings is 3. The summed E-state index contributed by atoms with van der Waals surface area (Å²) in [4.78, 5) is 13.5. The Hall–Kier alpha value is -6.07. The first-order chi connectivity index (χ1) is 34.8. The number of halogens is 1. The number of rotatable bonds is 14. The summed E-state index contributed by atoms with van der Waals surface area (Å²) in [6.45, 7) is 7.28. The zero-order valence-corrected chi connectivity index (χ0v) is 37.3. The zero-order valence-electron chi connectivity index (χ0n) is 46.9. The zero-order chi connectivity index (χ0) is 53.3. The third kappa shape index (κ3) is 9.94. The van der Waals surface area contributed by atoms with Crippen LogP contribution in [-0.4, -0.2) is 15.0 Å². The van der Waals surface area contributed by atoms with Gasteiger partial charge in [-0.25, -0.2) is 4.39 Å². The Labute approximate surface area is 400 Å². The van der Waals surface area contributed by atoms with Crippen LogP contribution in [-0.2, 0) is 58.3 Å². The van der Waals surface area contributed by atoms with Gasteiger partial charge in [-0.2, -0.15) is 0 Å². The maximum atomic E-state index is 14.2. The summed E-state index contributed by atoms with van der Waals surface area (Å²) in [5.74, 6) is -1.19. The van der Waals surface area contributed by atoms with Gasteiger partial charge in [0, 0.05) is 46.5 Å². The first-order valence-corrected chi connectivity index (χ1v) is 20.4. The van der Waals surface area contributed by atoms with Crippen LogP contribution in [0.5, 0.6) is 0 Å². The molecule has 6 heteroatoms. The Morgan fingerprint density at radius 1 is 0.540 bits per heavy atom.